The molecule has 0 fully saturated rings. The molecule has 1 atom stereocenters. The molecule has 0 aliphatic heterocycles. The van der Waals surface area contributed by atoms with Crippen molar-refractivity contribution in [2.45, 2.75) is 12.5 Å². The Balaban J connectivity index is 1.98. The van der Waals surface area contributed by atoms with Crippen molar-refractivity contribution in [2.24, 2.45) is 0 Å². The van der Waals surface area contributed by atoms with Crippen LogP contribution in [0.5, 0.6) is 0 Å². The molecule has 0 aliphatic carbocycles. The Morgan fingerprint density at radius 1 is 1.17 bits per heavy atom. The normalized spacial score (nSPS) is 11.3. The molecule has 2 N–H and O–H groups in total. The van der Waals surface area contributed by atoms with Crippen molar-refractivity contribution in [3.05, 3.63) is 65.7 Å². The van der Waals surface area contributed by atoms with Gasteiger partial charge in [-0.25, -0.2) is 4.79 Å². The molecule has 5 heteroatoms. The van der Waals surface area contributed by atoms with Gasteiger partial charge in [-0.05, 0) is 29.5 Å². The van der Waals surface area contributed by atoms with Crippen LogP contribution < -0.4 is 10.6 Å². The number of nitriles is 1. The first-order valence-corrected chi connectivity index (χ1v) is 8.69. The van der Waals surface area contributed by atoms with E-state index in [1.54, 1.807) is 23.9 Å². The Labute approximate surface area is 140 Å². The van der Waals surface area contributed by atoms with Gasteiger partial charge in [0, 0.05) is 11.4 Å². The summed E-state index contributed by atoms with van der Waals surface area (Å²) in [6.45, 7) is 0. The molecule has 2 aromatic rings. The molecule has 0 bridgehead atoms. The predicted octanol–water partition coefficient (Wildman–Crippen LogP) is 3.98. The molecule has 118 valence electrons. The lowest BCUT2D eigenvalue weighted by atomic mass is 10.1. The van der Waals surface area contributed by atoms with E-state index in [1.165, 1.54) is 0 Å². The van der Waals surface area contributed by atoms with Crippen molar-refractivity contribution in [2.75, 3.05) is 17.3 Å². The fourth-order valence-corrected chi connectivity index (χ4v) is 2.80. The number of urea groups is 1. The molecular weight excluding hydrogens is 306 g/mol. The van der Waals surface area contributed by atoms with Gasteiger partial charge in [-0.3, -0.25) is 0 Å². The first-order valence-electron chi connectivity index (χ1n) is 7.30. The van der Waals surface area contributed by atoms with Gasteiger partial charge in [0.1, 0.15) is 0 Å². The van der Waals surface area contributed by atoms with E-state index in [0.717, 1.165) is 16.9 Å². The monoisotopic (exact) mass is 325 g/mol. The Hall–Kier alpha value is -2.45. The summed E-state index contributed by atoms with van der Waals surface area (Å²) in [6.07, 6.45) is 2.39. The second kappa shape index (κ2) is 8.86. The van der Waals surface area contributed by atoms with Gasteiger partial charge in [0.2, 0.25) is 0 Å². The van der Waals surface area contributed by atoms with Gasteiger partial charge in [-0.2, -0.15) is 17.0 Å². The second-order valence-corrected chi connectivity index (χ2v) is 5.96. The smallest absolute Gasteiger partial charge is 0.319 e. The van der Waals surface area contributed by atoms with E-state index in [2.05, 4.69) is 16.7 Å². The fourth-order valence-electron chi connectivity index (χ4n) is 2.20. The van der Waals surface area contributed by atoms with Crippen molar-refractivity contribution in [3.8, 4) is 6.07 Å². The van der Waals surface area contributed by atoms with Crippen LogP contribution in [0.3, 0.4) is 0 Å². The molecule has 0 unspecified atom stereocenters. The third-order valence-electron chi connectivity index (χ3n) is 3.34. The Bertz CT molecular complexity index is 665. The minimum Gasteiger partial charge on any atom is -0.330 e. The topological polar surface area (TPSA) is 64.9 Å². The van der Waals surface area contributed by atoms with E-state index in [1.807, 2.05) is 48.7 Å². The van der Waals surface area contributed by atoms with Gasteiger partial charge < -0.3 is 10.6 Å². The summed E-state index contributed by atoms with van der Waals surface area (Å²) in [7, 11) is 0. The highest BCUT2D eigenvalue weighted by Gasteiger charge is 2.13. The zero-order valence-electron chi connectivity index (χ0n) is 13.0. The molecule has 2 rings (SSSR count). The van der Waals surface area contributed by atoms with E-state index in [9.17, 15) is 4.79 Å². The van der Waals surface area contributed by atoms with Crippen LogP contribution in [0.2, 0.25) is 0 Å². The molecule has 0 saturated carbocycles. The third kappa shape index (κ3) is 5.35. The number of amides is 2. The lowest BCUT2D eigenvalue weighted by molar-refractivity contribution is 0.249. The molecule has 23 heavy (non-hydrogen) atoms. The maximum absolute atomic E-state index is 12.2. The number of anilines is 1. The molecule has 4 nitrogen and oxygen atoms in total. The van der Waals surface area contributed by atoms with Crippen LogP contribution in [0.1, 0.15) is 17.2 Å². The maximum Gasteiger partial charge on any atom is 0.319 e. The Kier molecular flexibility index (Phi) is 6.52. The van der Waals surface area contributed by atoms with Crippen molar-refractivity contribution >= 4 is 23.5 Å². The SMILES string of the molecule is CSC[C@H](NC(=O)Nc1ccc(CC#N)cc1)c1ccccc1. The number of carbonyl (C=O) groups is 1. The highest BCUT2D eigenvalue weighted by molar-refractivity contribution is 7.98. The minimum absolute atomic E-state index is 0.0379. The number of carbonyl (C=O) groups excluding carboxylic acids is 1. The van der Waals surface area contributed by atoms with E-state index < -0.39 is 0 Å². The fraction of sp³-hybridized carbons (Fsp3) is 0.222. The van der Waals surface area contributed by atoms with Crippen molar-refractivity contribution in [1.29, 1.82) is 5.26 Å². The van der Waals surface area contributed by atoms with Crippen LogP contribution in [0, 0.1) is 11.3 Å². The van der Waals surface area contributed by atoms with Crippen molar-refractivity contribution < 1.29 is 4.79 Å². The number of nitrogens with one attached hydrogen (secondary N) is 2. The lowest BCUT2D eigenvalue weighted by Crippen LogP contribution is -2.33. The number of rotatable bonds is 6. The van der Waals surface area contributed by atoms with E-state index >= 15 is 0 Å². The van der Waals surface area contributed by atoms with Crippen molar-refractivity contribution in [3.63, 3.8) is 0 Å². The van der Waals surface area contributed by atoms with E-state index in [0.29, 0.717) is 12.1 Å². The van der Waals surface area contributed by atoms with Gasteiger partial charge >= 0.3 is 6.03 Å². The van der Waals surface area contributed by atoms with Gasteiger partial charge in [-0.1, -0.05) is 42.5 Å². The number of thioether (sulfide) groups is 1. The highest BCUT2D eigenvalue weighted by Crippen LogP contribution is 2.17. The summed E-state index contributed by atoms with van der Waals surface area (Å²) in [5.74, 6) is 0.804. The van der Waals surface area contributed by atoms with Crippen LogP contribution in [0.4, 0.5) is 10.5 Å². The molecule has 2 amide bonds. The van der Waals surface area contributed by atoms with Gasteiger partial charge in [0.15, 0.2) is 0 Å². The average molecular weight is 325 g/mol. The molecule has 0 spiro atoms. The standard InChI is InChI=1S/C18H19N3OS/c1-23-13-17(15-5-3-2-4-6-15)21-18(22)20-16-9-7-14(8-10-16)11-12-19/h2-10,17H,11,13H2,1H3,(H2,20,21,22)/t17-/m0/s1. The number of nitrogens with zero attached hydrogens (tertiary/aromatic N) is 1. The summed E-state index contributed by atoms with van der Waals surface area (Å²) >= 11 is 1.69. The van der Waals surface area contributed by atoms with E-state index in [-0.39, 0.29) is 12.1 Å². The van der Waals surface area contributed by atoms with Gasteiger partial charge in [0.25, 0.3) is 0 Å². The first-order chi connectivity index (χ1) is 11.2. The average Bonchev–Trinajstić information content (AvgIpc) is 2.57. The zero-order valence-corrected chi connectivity index (χ0v) is 13.8. The Morgan fingerprint density at radius 2 is 1.87 bits per heavy atom. The van der Waals surface area contributed by atoms with Crippen LogP contribution in [0.25, 0.3) is 0 Å². The summed E-state index contributed by atoms with van der Waals surface area (Å²) < 4.78 is 0. The second-order valence-electron chi connectivity index (χ2n) is 5.05. The van der Waals surface area contributed by atoms with Crippen LogP contribution >= 0.6 is 11.8 Å². The Morgan fingerprint density at radius 3 is 2.48 bits per heavy atom. The van der Waals surface area contributed by atoms with Gasteiger partial charge in [0.05, 0.1) is 18.5 Å². The highest BCUT2D eigenvalue weighted by atomic mass is 32.2. The molecule has 0 heterocycles. The maximum atomic E-state index is 12.2. The summed E-state index contributed by atoms with van der Waals surface area (Å²) in [6, 6.07) is 19.0. The summed E-state index contributed by atoms with van der Waals surface area (Å²) in [5, 5.41) is 14.5. The van der Waals surface area contributed by atoms with Crippen LogP contribution in [-0.2, 0) is 6.42 Å². The first kappa shape index (κ1) is 16.9. The molecule has 0 radical (unpaired) electrons. The molecule has 0 aromatic heterocycles. The predicted molar refractivity (Wildman–Crippen MR) is 95.5 cm³/mol. The molecule has 0 saturated heterocycles. The quantitative estimate of drug-likeness (QED) is 0.844. The number of hydrogen-bond acceptors (Lipinski definition) is 3. The van der Waals surface area contributed by atoms with Crippen LogP contribution in [-0.4, -0.2) is 18.0 Å². The molecule has 0 aliphatic rings. The number of benzene rings is 2. The minimum atomic E-state index is -0.235. The van der Waals surface area contributed by atoms with Crippen molar-refractivity contribution in [1.82, 2.24) is 5.32 Å². The molecular formula is C18H19N3OS. The summed E-state index contributed by atoms with van der Waals surface area (Å²) in [4.78, 5) is 12.2. The molecule has 2 aromatic carbocycles. The zero-order chi connectivity index (χ0) is 16.5. The van der Waals surface area contributed by atoms with Crippen LogP contribution in [0.15, 0.2) is 54.6 Å². The summed E-state index contributed by atoms with van der Waals surface area (Å²) in [5.41, 5.74) is 2.73. The van der Waals surface area contributed by atoms with Gasteiger partial charge in [-0.15, -0.1) is 0 Å². The largest absolute Gasteiger partial charge is 0.330 e. The van der Waals surface area contributed by atoms with E-state index in [4.69, 9.17) is 5.26 Å². The number of hydrogen-bond donors (Lipinski definition) is 2. The lowest BCUT2D eigenvalue weighted by Gasteiger charge is -2.18. The third-order valence-corrected chi connectivity index (χ3v) is 4.00.